The van der Waals surface area contributed by atoms with Crippen molar-refractivity contribution in [3.63, 3.8) is 0 Å². The Hall–Kier alpha value is -2.68. The number of nitrogen functional groups attached to an aromatic ring is 1. The van der Waals surface area contributed by atoms with E-state index in [1.54, 1.807) is 0 Å². The van der Waals surface area contributed by atoms with Crippen molar-refractivity contribution in [1.29, 1.82) is 0 Å². The fourth-order valence-corrected chi connectivity index (χ4v) is 3.30. The summed E-state index contributed by atoms with van der Waals surface area (Å²) in [6, 6.07) is 4.67. The topological polar surface area (TPSA) is 87.3 Å². The van der Waals surface area contributed by atoms with E-state index in [2.05, 4.69) is 9.97 Å². The molecule has 29 heavy (non-hydrogen) atoms. The van der Waals surface area contributed by atoms with Crippen LogP contribution in [0, 0.1) is 11.8 Å². The average molecular weight is 409 g/mol. The van der Waals surface area contributed by atoms with Gasteiger partial charge in [-0.3, -0.25) is 4.79 Å². The molecular weight excluding hydrogens is 387 g/mol. The van der Waals surface area contributed by atoms with Crippen molar-refractivity contribution in [2.45, 2.75) is 25.9 Å². The summed E-state index contributed by atoms with van der Waals surface area (Å²) in [6.45, 7) is 3.69. The van der Waals surface area contributed by atoms with Crippen LogP contribution < -0.4 is 10.5 Å². The van der Waals surface area contributed by atoms with E-state index in [1.165, 1.54) is 18.3 Å². The maximum atomic E-state index is 13.4. The van der Waals surface area contributed by atoms with Crippen LogP contribution in [0.15, 0.2) is 30.5 Å². The third kappa shape index (κ3) is 5.03. The molecule has 2 aromatic heterocycles. The zero-order chi connectivity index (χ0) is 21.0. The number of carbonyl (C=O) groups excluding carboxylic acids is 1. The minimum Gasteiger partial charge on any atom is -0.477 e. The predicted octanol–water partition coefficient (Wildman–Crippen LogP) is 3.75. The summed E-state index contributed by atoms with van der Waals surface area (Å²) < 4.78 is 51.2. The first-order valence-corrected chi connectivity index (χ1v) is 9.31. The van der Waals surface area contributed by atoms with Crippen molar-refractivity contribution in [2.75, 3.05) is 25.6 Å². The zero-order valence-corrected chi connectivity index (χ0v) is 15.9. The first-order valence-electron chi connectivity index (χ1n) is 9.31. The van der Waals surface area contributed by atoms with E-state index in [0.29, 0.717) is 19.1 Å². The summed E-state index contributed by atoms with van der Waals surface area (Å²) in [5.41, 5.74) is 3.61. The summed E-state index contributed by atoms with van der Waals surface area (Å²) >= 11 is 0. The molecule has 1 aliphatic heterocycles. The molecular formula is C20H22F3N3O3. The van der Waals surface area contributed by atoms with Crippen LogP contribution in [-0.4, -0.2) is 35.6 Å². The van der Waals surface area contributed by atoms with Crippen molar-refractivity contribution in [1.82, 2.24) is 9.97 Å². The number of ether oxygens (including phenoxy) is 2. The van der Waals surface area contributed by atoms with Crippen molar-refractivity contribution in [3.05, 3.63) is 47.3 Å². The normalized spacial score (nSPS) is 16.4. The highest BCUT2D eigenvalue weighted by atomic mass is 19.4. The molecule has 1 unspecified atom stereocenters. The van der Waals surface area contributed by atoms with Gasteiger partial charge >= 0.3 is 6.18 Å². The average Bonchev–Trinajstić information content (AvgIpc) is 2.71. The molecule has 0 saturated carbocycles. The van der Waals surface area contributed by atoms with E-state index in [9.17, 15) is 18.0 Å². The van der Waals surface area contributed by atoms with Crippen molar-refractivity contribution >= 4 is 11.6 Å². The molecule has 1 saturated heterocycles. The number of rotatable bonds is 6. The Bertz CT molecular complexity index is 868. The second-order valence-corrected chi connectivity index (χ2v) is 7.05. The Morgan fingerprint density at radius 3 is 2.69 bits per heavy atom. The fraction of sp³-hybridized carbons (Fsp3) is 0.450. The number of carbonyl (C=O) groups is 1. The number of nitrogens with zero attached hydrogens (tertiary/aromatic N) is 2. The van der Waals surface area contributed by atoms with Crippen LogP contribution in [0.5, 0.6) is 5.88 Å². The molecule has 3 rings (SSSR count). The SMILES string of the molecule is CC(COc1ccc(C(F)(F)F)c(C(=O)c2cccnc2N)n1)C1CCOCC1. The lowest BCUT2D eigenvalue weighted by Crippen LogP contribution is -2.26. The van der Waals surface area contributed by atoms with E-state index in [4.69, 9.17) is 15.2 Å². The van der Waals surface area contributed by atoms with E-state index in [-0.39, 0.29) is 29.8 Å². The molecule has 0 amide bonds. The van der Waals surface area contributed by atoms with Gasteiger partial charge < -0.3 is 15.2 Å². The largest absolute Gasteiger partial charge is 0.477 e. The number of nitrogens with two attached hydrogens (primary N) is 1. The molecule has 1 fully saturated rings. The molecule has 9 heteroatoms. The summed E-state index contributed by atoms with van der Waals surface area (Å²) in [7, 11) is 0. The number of hydrogen-bond donors (Lipinski definition) is 1. The highest BCUT2D eigenvalue weighted by Gasteiger charge is 2.37. The fourth-order valence-electron chi connectivity index (χ4n) is 3.30. The quantitative estimate of drug-likeness (QED) is 0.731. The van der Waals surface area contributed by atoms with Gasteiger partial charge in [-0.1, -0.05) is 6.92 Å². The highest BCUT2D eigenvalue weighted by molar-refractivity contribution is 6.11. The first kappa shape index (κ1) is 21.0. The van der Waals surface area contributed by atoms with Gasteiger partial charge in [-0.15, -0.1) is 0 Å². The molecule has 0 bridgehead atoms. The molecule has 0 aromatic carbocycles. The highest BCUT2D eigenvalue weighted by Crippen LogP contribution is 2.34. The van der Waals surface area contributed by atoms with Gasteiger partial charge in [0.05, 0.1) is 17.7 Å². The van der Waals surface area contributed by atoms with Crippen LogP contribution >= 0.6 is 0 Å². The predicted molar refractivity (Wildman–Crippen MR) is 99.5 cm³/mol. The third-order valence-electron chi connectivity index (χ3n) is 5.04. The summed E-state index contributed by atoms with van der Waals surface area (Å²) in [5, 5.41) is 0. The maximum Gasteiger partial charge on any atom is 0.418 e. The van der Waals surface area contributed by atoms with E-state index < -0.39 is 23.2 Å². The van der Waals surface area contributed by atoms with Crippen LogP contribution in [-0.2, 0) is 10.9 Å². The van der Waals surface area contributed by atoms with Crippen LogP contribution in [0.2, 0.25) is 0 Å². The minimum atomic E-state index is -4.75. The van der Waals surface area contributed by atoms with Crippen LogP contribution in [0.25, 0.3) is 0 Å². The van der Waals surface area contributed by atoms with Crippen molar-refractivity contribution in [2.24, 2.45) is 11.8 Å². The number of aromatic nitrogens is 2. The number of alkyl halides is 3. The number of halogens is 3. The van der Waals surface area contributed by atoms with Gasteiger partial charge in [0.2, 0.25) is 11.7 Å². The van der Waals surface area contributed by atoms with E-state index in [0.717, 1.165) is 25.0 Å². The summed E-state index contributed by atoms with van der Waals surface area (Å²) in [4.78, 5) is 20.4. The second-order valence-electron chi connectivity index (χ2n) is 7.05. The second kappa shape index (κ2) is 8.77. The van der Waals surface area contributed by atoms with Crippen molar-refractivity contribution in [3.8, 4) is 5.88 Å². The number of ketones is 1. The van der Waals surface area contributed by atoms with Gasteiger partial charge in [-0.25, -0.2) is 9.97 Å². The molecule has 0 radical (unpaired) electrons. The summed E-state index contributed by atoms with van der Waals surface area (Å²) in [5.74, 6) is -0.564. The van der Waals surface area contributed by atoms with Gasteiger partial charge in [0, 0.05) is 25.5 Å². The zero-order valence-electron chi connectivity index (χ0n) is 15.9. The lowest BCUT2D eigenvalue weighted by molar-refractivity contribution is -0.138. The Morgan fingerprint density at radius 2 is 2.03 bits per heavy atom. The number of anilines is 1. The Labute approximate surface area is 166 Å². The van der Waals surface area contributed by atoms with Crippen LogP contribution in [0.1, 0.15) is 41.4 Å². The van der Waals surface area contributed by atoms with Crippen molar-refractivity contribution < 1.29 is 27.4 Å². The lowest BCUT2D eigenvalue weighted by Gasteiger charge is -2.27. The number of hydrogen-bond acceptors (Lipinski definition) is 6. The van der Waals surface area contributed by atoms with Gasteiger partial charge in [-0.2, -0.15) is 13.2 Å². The smallest absolute Gasteiger partial charge is 0.418 e. The van der Waals surface area contributed by atoms with Gasteiger partial charge in [0.15, 0.2) is 0 Å². The first-order chi connectivity index (χ1) is 13.8. The molecule has 1 aliphatic rings. The molecule has 2 N–H and O–H groups in total. The summed E-state index contributed by atoms with van der Waals surface area (Å²) in [6.07, 6.45) is -1.58. The Balaban J connectivity index is 1.84. The minimum absolute atomic E-state index is 0.0391. The van der Waals surface area contributed by atoms with Gasteiger partial charge in [0.25, 0.3) is 0 Å². The van der Waals surface area contributed by atoms with Gasteiger partial charge in [0.1, 0.15) is 11.5 Å². The molecule has 0 spiro atoms. The molecule has 3 heterocycles. The number of pyridine rings is 2. The molecule has 6 nitrogen and oxygen atoms in total. The van der Waals surface area contributed by atoms with Crippen LogP contribution in [0.3, 0.4) is 0 Å². The standard InChI is InChI=1S/C20H22F3N3O3/c1-12(13-6-9-28-10-7-13)11-29-16-5-4-15(20(21,22)23)17(26-16)18(27)14-3-2-8-25-19(14)24/h2-5,8,12-13H,6-7,9-11H2,1H3,(H2,24,25). The van der Waals surface area contributed by atoms with E-state index >= 15 is 0 Å². The Morgan fingerprint density at radius 1 is 1.31 bits per heavy atom. The van der Waals surface area contributed by atoms with Gasteiger partial charge in [-0.05, 0) is 42.9 Å². The monoisotopic (exact) mass is 409 g/mol. The lowest BCUT2D eigenvalue weighted by atomic mass is 9.88. The molecule has 2 aromatic rings. The maximum absolute atomic E-state index is 13.4. The molecule has 1 atom stereocenters. The van der Waals surface area contributed by atoms with E-state index in [1.807, 2.05) is 6.92 Å². The molecule has 156 valence electrons. The molecule has 0 aliphatic carbocycles. The van der Waals surface area contributed by atoms with Crippen LogP contribution in [0.4, 0.5) is 19.0 Å². The Kier molecular flexibility index (Phi) is 6.36. The third-order valence-corrected chi connectivity index (χ3v) is 5.04.